The highest BCUT2D eigenvalue weighted by molar-refractivity contribution is 6.29. The number of piperidine rings is 2. The van der Waals surface area contributed by atoms with Gasteiger partial charge in [-0.1, -0.05) is 30.3 Å². The molecular formula is C29H26ClF2N3O2. The molecular weight excluding hydrogens is 496 g/mol. The number of anilines is 1. The van der Waals surface area contributed by atoms with E-state index in [1.54, 1.807) is 6.07 Å². The molecule has 190 valence electrons. The predicted octanol–water partition coefficient (Wildman–Crippen LogP) is 7.30. The number of hydrogen-bond acceptors (Lipinski definition) is 5. The van der Waals surface area contributed by atoms with Crippen molar-refractivity contribution in [3.8, 4) is 16.9 Å². The van der Waals surface area contributed by atoms with Crippen molar-refractivity contribution in [3.05, 3.63) is 72.0 Å². The SMILES string of the molecule is C=CC1C2CCC(CC2)N1c1nc(Cl)nc2c(F)c(-c3cc(OCOC)cc4ccccc34)c(F)cc12. The molecule has 7 rings (SSSR count). The van der Waals surface area contributed by atoms with Gasteiger partial charge in [0.2, 0.25) is 5.28 Å². The first-order valence-corrected chi connectivity index (χ1v) is 12.8. The maximum atomic E-state index is 16.3. The van der Waals surface area contributed by atoms with Gasteiger partial charge in [-0.05, 0) is 77.7 Å². The molecule has 4 aromatic rings. The van der Waals surface area contributed by atoms with Gasteiger partial charge in [0, 0.05) is 18.5 Å². The van der Waals surface area contributed by atoms with Gasteiger partial charge in [-0.3, -0.25) is 0 Å². The zero-order chi connectivity index (χ0) is 25.7. The Kier molecular flexibility index (Phi) is 6.21. The minimum atomic E-state index is -0.785. The molecule has 3 aliphatic rings. The average Bonchev–Trinajstić information content (AvgIpc) is 2.92. The summed E-state index contributed by atoms with van der Waals surface area (Å²) in [5, 5.41) is 1.69. The molecule has 0 amide bonds. The van der Waals surface area contributed by atoms with Gasteiger partial charge in [-0.15, -0.1) is 6.58 Å². The van der Waals surface area contributed by atoms with Crippen LogP contribution in [0.5, 0.6) is 5.75 Å². The van der Waals surface area contributed by atoms with Crippen LogP contribution in [0.15, 0.2) is 55.1 Å². The summed E-state index contributed by atoms with van der Waals surface area (Å²) in [7, 11) is 1.51. The number of rotatable bonds is 6. The highest BCUT2D eigenvalue weighted by Crippen LogP contribution is 2.45. The molecule has 2 aliphatic heterocycles. The lowest BCUT2D eigenvalue weighted by molar-refractivity contribution is 0.0512. The maximum Gasteiger partial charge on any atom is 0.225 e. The fourth-order valence-corrected chi connectivity index (χ4v) is 6.27. The molecule has 3 aromatic carbocycles. The zero-order valence-electron chi connectivity index (χ0n) is 20.4. The number of halogens is 3. The number of fused-ring (bicyclic) bond motifs is 5. The average molecular weight is 522 g/mol. The first kappa shape index (κ1) is 24.1. The number of hydrogen-bond donors (Lipinski definition) is 0. The Bertz CT molecular complexity index is 1520. The third kappa shape index (κ3) is 4.01. The van der Waals surface area contributed by atoms with Crippen molar-refractivity contribution in [2.75, 3.05) is 18.8 Å². The molecule has 1 aliphatic carbocycles. The summed E-state index contributed by atoms with van der Waals surface area (Å²) in [5.74, 6) is -0.161. The second-order valence-corrected chi connectivity index (χ2v) is 10.0. The van der Waals surface area contributed by atoms with Crippen LogP contribution in [0.4, 0.5) is 14.6 Å². The number of methoxy groups -OCH3 is 1. The minimum Gasteiger partial charge on any atom is -0.468 e. The number of aromatic nitrogens is 2. The van der Waals surface area contributed by atoms with Crippen molar-refractivity contribution in [2.24, 2.45) is 5.92 Å². The van der Waals surface area contributed by atoms with Gasteiger partial charge < -0.3 is 14.4 Å². The van der Waals surface area contributed by atoms with Gasteiger partial charge in [0.25, 0.3) is 0 Å². The quantitative estimate of drug-likeness (QED) is 0.151. The first-order valence-electron chi connectivity index (χ1n) is 12.4. The number of benzene rings is 3. The van der Waals surface area contributed by atoms with Crippen LogP contribution in [0, 0.1) is 17.6 Å². The van der Waals surface area contributed by atoms with Gasteiger partial charge in [-0.25, -0.2) is 13.8 Å². The third-order valence-electron chi connectivity index (χ3n) is 7.71. The first-order chi connectivity index (χ1) is 18.0. The highest BCUT2D eigenvalue weighted by atomic mass is 35.5. The standard InChI is InChI=1S/C29H26ClF2N3O2/c1-3-24-16-8-10-18(11-9-16)35(24)28-22-14-23(31)25(26(32)27(22)33-29(30)34-28)21-13-19(37-15-36-2)12-17-6-4-5-7-20(17)21/h3-7,12-14,16,18,24H,1,8-11,15H2,2H3. The molecule has 0 radical (unpaired) electrons. The Labute approximate surface area is 218 Å². The lowest BCUT2D eigenvalue weighted by Gasteiger charge is -2.51. The molecule has 3 heterocycles. The number of nitrogens with zero attached hydrogens (tertiary/aromatic N) is 3. The van der Waals surface area contributed by atoms with Crippen molar-refractivity contribution in [3.63, 3.8) is 0 Å². The van der Waals surface area contributed by atoms with Gasteiger partial charge in [0.05, 0.1) is 11.6 Å². The fourth-order valence-electron chi connectivity index (χ4n) is 6.11. The van der Waals surface area contributed by atoms with Gasteiger partial charge in [0.15, 0.2) is 12.6 Å². The summed E-state index contributed by atoms with van der Waals surface area (Å²) in [5.41, 5.74) is 0.161. The van der Waals surface area contributed by atoms with Crippen molar-refractivity contribution in [1.82, 2.24) is 9.97 Å². The molecule has 5 nitrogen and oxygen atoms in total. The van der Waals surface area contributed by atoms with E-state index in [0.717, 1.165) is 31.1 Å². The van der Waals surface area contributed by atoms with Crippen molar-refractivity contribution in [2.45, 2.75) is 37.8 Å². The van der Waals surface area contributed by atoms with Crippen LogP contribution in [0.1, 0.15) is 25.7 Å². The largest absolute Gasteiger partial charge is 0.468 e. The molecule has 1 aromatic heterocycles. The molecule has 0 N–H and O–H groups in total. The zero-order valence-corrected chi connectivity index (χ0v) is 21.1. The second-order valence-electron chi connectivity index (χ2n) is 9.70. The molecule has 2 saturated heterocycles. The maximum absolute atomic E-state index is 16.3. The van der Waals surface area contributed by atoms with Crippen LogP contribution < -0.4 is 9.64 Å². The van der Waals surface area contributed by atoms with Gasteiger partial charge in [-0.2, -0.15) is 4.98 Å². The van der Waals surface area contributed by atoms with E-state index in [2.05, 4.69) is 21.4 Å². The van der Waals surface area contributed by atoms with E-state index in [4.69, 9.17) is 21.1 Å². The Balaban J connectivity index is 1.58. The molecule has 8 heteroatoms. The summed E-state index contributed by atoms with van der Waals surface area (Å²) < 4.78 is 42.9. The van der Waals surface area contributed by atoms with E-state index in [-0.39, 0.29) is 35.2 Å². The van der Waals surface area contributed by atoms with Crippen LogP contribution in [-0.2, 0) is 4.74 Å². The summed E-state index contributed by atoms with van der Waals surface area (Å²) in [6.07, 6.45) is 6.13. The molecule has 1 atom stereocenters. The lowest BCUT2D eigenvalue weighted by atomic mass is 9.74. The van der Waals surface area contributed by atoms with Crippen LogP contribution in [0.3, 0.4) is 0 Å². The van der Waals surface area contributed by atoms with E-state index in [9.17, 15) is 0 Å². The van der Waals surface area contributed by atoms with Gasteiger partial charge in [0.1, 0.15) is 22.9 Å². The van der Waals surface area contributed by atoms with Crippen molar-refractivity contribution >= 4 is 39.1 Å². The van der Waals surface area contributed by atoms with Crippen LogP contribution in [0.2, 0.25) is 5.28 Å². The topological polar surface area (TPSA) is 47.5 Å². The molecule has 2 bridgehead atoms. The van der Waals surface area contributed by atoms with Crippen LogP contribution in [-0.4, -0.2) is 36.0 Å². The summed E-state index contributed by atoms with van der Waals surface area (Å²) >= 11 is 6.35. The van der Waals surface area contributed by atoms with Crippen molar-refractivity contribution < 1.29 is 18.3 Å². The Morgan fingerprint density at radius 1 is 1.08 bits per heavy atom. The van der Waals surface area contributed by atoms with E-state index >= 15 is 8.78 Å². The van der Waals surface area contributed by atoms with E-state index in [1.165, 1.54) is 13.2 Å². The minimum absolute atomic E-state index is 0.00905. The fraction of sp³-hybridized carbons (Fsp3) is 0.310. The van der Waals surface area contributed by atoms with Crippen LogP contribution >= 0.6 is 11.6 Å². The lowest BCUT2D eigenvalue weighted by Crippen LogP contribution is -2.55. The monoisotopic (exact) mass is 521 g/mol. The van der Waals surface area contributed by atoms with Gasteiger partial charge >= 0.3 is 0 Å². The summed E-state index contributed by atoms with van der Waals surface area (Å²) in [6.45, 7) is 4.05. The van der Waals surface area contributed by atoms with Crippen LogP contribution in [0.25, 0.3) is 32.8 Å². The Morgan fingerprint density at radius 3 is 2.62 bits per heavy atom. The molecule has 1 saturated carbocycles. The molecule has 0 spiro atoms. The molecule has 37 heavy (non-hydrogen) atoms. The second kappa shape index (κ2) is 9.54. The smallest absolute Gasteiger partial charge is 0.225 e. The van der Waals surface area contributed by atoms with E-state index in [0.29, 0.717) is 33.8 Å². The predicted molar refractivity (Wildman–Crippen MR) is 142 cm³/mol. The number of ether oxygens (including phenoxy) is 2. The van der Waals surface area contributed by atoms with Crippen molar-refractivity contribution in [1.29, 1.82) is 0 Å². The highest BCUT2D eigenvalue weighted by Gasteiger charge is 2.42. The molecule has 1 unspecified atom stereocenters. The normalized spacial score (nSPS) is 21.1. The summed E-state index contributed by atoms with van der Waals surface area (Å²) in [6, 6.07) is 12.4. The Hall–Kier alpha value is -3.29. The summed E-state index contributed by atoms with van der Waals surface area (Å²) in [4.78, 5) is 10.9. The Morgan fingerprint density at radius 2 is 1.86 bits per heavy atom. The third-order valence-corrected chi connectivity index (χ3v) is 7.88. The van der Waals surface area contributed by atoms with E-state index < -0.39 is 11.6 Å². The molecule has 3 fully saturated rings. The van der Waals surface area contributed by atoms with E-state index in [1.807, 2.05) is 36.4 Å².